The molecule has 6 nitrogen and oxygen atoms in total. The van der Waals surface area contributed by atoms with Gasteiger partial charge in [-0.25, -0.2) is 4.79 Å². The van der Waals surface area contributed by atoms with E-state index in [0.717, 1.165) is 30.8 Å². The van der Waals surface area contributed by atoms with Crippen LogP contribution in [0.3, 0.4) is 0 Å². The van der Waals surface area contributed by atoms with E-state index < -0.39 is 5.97 Å². The van der Waals surface area contributed by atoms with E-state index >= 15 is 0 Å². The van der Waals surface area contributed by atoms with Crippen LogP contribution in [0.25, 0.3) is 5.69 Å². The third-order valence-electron chi connectivity index (χ3n) is 5.28. The number of rotatable bonds is 4. The highest BCUT2D eigenvalue weighted by atomic mass is 16.4. The smallest absolute Gasteiger partial charge is 0.360 e. The number of hydrogen-bond acceptors (Lipinski definition) is 4. The Kier molecular flexibility index (Phi) is 4.39. The highest BCUT2D eigenvalue weighted by Gasteiger charge is 2.30. The Hall–Kier alpha value is -3.15. The molecule has 6 heteroatoms. The van der Waals surface area contributed by atoms with Gasteiger partial charge in [0, 0.05) is 19.0 Å². The van der Waals surface area contributed by atoms with Crippen molar-refractivity contribution >= 4 is 11.8 Å². The van der Waals surface area contributed by atoms with E-state index in [1.54, 1.807) is 0 Å². The summed E-state index contributed by atoms with van der Waals surface area (Å²) in [7, 11) is 0. The summed E-state index contributed by atoms with van der Waals surface area (Å²) in [4.78, 5) is 15.2. The number of carboxylic acid groups (broad SMARTS) is 1. The molecule has 0 radical (unpaired) electrons. The van der Waals surface area contributed by atoms with E-state index in [0.29, 0.717) is 11.7 Å². The van der Waals surface area contributed by atoms with Gasteiger partial charge in [-0.1, -0.05) is 36.4 Å². The fraction of sp³-hybridized carbons (Fsp3) is 0.286. The fourth-order valence-corrected chi connectivity index (χ4v) is 3.57. The minimum atomic E-state index is -1.05. The molecule has 3 aromatic rings. The minimum Gasteiger partial charge on any atom is -0.476 e. The molecule has 27 heavy (non-hydrogen) atoms. The van der Waals surface area contributed by atoms with Crippen molar-refractivity contribution in [3.05, 3.63) is 70.9 Å². The Morgan fingerprint density at radius 2 is 1.85 bits per heavy atom. The summed E-state index contributed by atoms with van der Waals surface area (Å²) in [6, 6.07) is 16.2. The largest absolute Gasteiger partial charge is 0.476 e. The summed E-state index contributed by atoms with van der Waals surface area (Å²) in [6.45, 7) is 5.57. The van der Waals surface area contributed by atoms with Crippen molar-refractivity contribution in [3.8, 4) is 5.69 Å². The number of nitrogens with zero attached hydrogens (tertiary/aromatic N) is 4. The standard InChI is InChI=1S/C21H22N4O2/c1-14-8-9-18(12-15(14)2)25-22-19(21(26)27)20(23-25)24-11-10-17(13-24)16-6-4-3-5-7-16/h3-9,12,17H,10-11,13H2,1-2H3,(H,26,27). The molecule has 1 aliphatic rings. The number of hydrogen-bond donors (Lipinski definition) is 1. The van der Waals surface area contributed by atoms with Crippen LogP contribution in [0.2, 0.25) is 0 Å². The zero-order chi connectivity index (χ0) is 19.0. The summed E-state index contributed by atoms with van der Waals surface area (Å²) in [5.74, 6) is -0.234. The maximum Gasteiger partial charge on any atom is 0.360 e. The first-order valence-corrected chi connectivity index (χ1v) is 9.11. The number of aryl methyl sites for hydroxylation is 2. The van der Waals surface area contributed by atoms with Gasteiger partial charge in [0.25, 0.3) is 0 Å². The molecule has 1 aromatic heterocycles. The molecule has 1 aliphatic heterocycles. The molecule has 1 unspecified atom stereocenters. The molecule has 1 N–H and O–H groups in total. The molecule has 2 aromatic carbocycles. The number of carbonyl (C=O) groups is 1. The van der Waals surface area contributed by atoms with Crippen LogP contribution in [-0.2, 0) is 0 Å². The first kappa shape index (κ1) is 17.3. The molecule has 4 rings (SSSR count). The summed E-state index contributed by atoms with van der Waals surface area (Å²) in [5.41, 5.74) is 4.34. The SMILES string of the molecule is Cc1ccc(-n2nc(C(=O)O)c(N3CCC(c4ccccc4)C3)n2)cc1C. The molecule has 1 fully saturated rings. The highest BCUT2D eigenvalue weighted by molar-refractivity contribution is 5.91. The van der Waals surface area contributed by atoms with Crippen molar-refractivity contribution in [2.24, 2.45) is 0 Å². The van der Waals surface area contributed by atoms with Gasteiger partial charge in [0.1, 0.15) is 0 Å². The molecule has 0 aliphatic carbocycles. The molecule has 1 saturated heterocycles. The number of benzene rings is 2. The molecular weight excluding hydrogens is 340 g/mol. The summed E-state index contributed by atoms with van der Waals surface area (Å²) < 4.78 is 0. The van der Waals surface area contributed by atoms with Gasteiger partial charge in [0.15, 0.2) is 5.82 Å². The van der Waals surface area contributed by atoms with Crippen molar-refractivity contribution in [2.75, 3.05) is 18.0 Å². The first-order chi connectivity index (χ1) is 13.0. The van der Waals surface area contributed by atoms with Crippen LogP contribution in [0, 0.1) is 13.8 Å². The molecule has 0 saturated carbocycles. The van der Waals surface area contributed by atoms with Crippen LogP contribution in [0.5, 0.6) is 0 Å². The molecule has 0 spiro atoms. The topological polar surface area (TPSA) is 71.2 Å². The molecule has 0 bridgehead atoms. The maximum absolute atomic E-state index is 11.8. The number of aromatic nitrogens is 3. The molecule has 0 amide bonds. The van der Waals surface area contributed by atoms with E-state index in [1.807, 2.05) is 55.1 Å². The van der Waals surface area contributed by atoms with E-state index in [9.17, 15) is 9.90 Å². The molecule has 138 valence electrons. The van der Waals surface area contributed by atoms with Gasteiger partial charge in [-0.05, 0) is 49.1 Å². The summed E-state index contributed by atoms with van der Waals surface area (Å²) in [5, 5.41) is 18.4. The Labute approximate surface area is 158 Å². The van der Waals surface area contributed by atoms with Crippen molar-refractivity contribution in [3.63, 3.8) is 0 Å². The minimum absolute atomic E-state index is 0.00180. The van der Waals surface area contributed by atoms with Gasteiger partial charge < -0.3 is 10.0 Å². The van der Waals surface area contributed by atoms with E-state index in [-0.39, 0.29) is 5.69 Å². The fourth-order valence-electron chi connectivity index (χ4n) is 3.57. The van der Waals surface area contributed by atoms with Gasteiger partial charge in [0.2, 0.25) is 5.69 Å². The van der Waals surface area contributed by atoms with Crippen LogP contribution in [0.1, 0.15) is 39.5 Å². The summed E-state index contributed by atoms with van der Waals surface area (Å²) >= 11 is 0. The quantitative estimate of drug-likeness (QED) is 0.768. The third-order valence-corrected chi connectivity index (χ3v) is 5.28. The van der Waals surface area contributed by atoms with E-state index in [4.69, 9.17) is 0 Å². The van der Waals surface area contributed by atoms with Gasteiger partial charge >= 0.3 is 5.97 Å². The van der Waals surface area contributed by atoms with Crippen molar-refractivity contribution in [1.29, 1.82) is 0 Å². The van der Waals surface area contributed by atoms with Gasteiger partial charge in [-0.15, -0.1) is 15.0 Å². The molecule has 1 atom stereocenters. The van der Waals surface area contributed by atoms with Crippen LogP contribution in [-0.4, -0.2) is 39.2 Å². The van der Waals surface area contributed by atoms with Gasteiger partial charge in [0.05, 0.1) is 5.69 Å². The number of anilines is 1. The van der Waals surface area contributed by atoms with Gasteiger partial charge in [-0.3, -0.25) is 0 Å². The van der Waals surface area contributed by atoms with Crippen molar-refractivity contribution < 1.29 is 9.90 Å². The lowest BCUT2D eigenvalue weighted by atomic mass is 9.99. The molecular formula is C21H22N4O2. The first-order valence-electron chi connectivity index (χ1n) is 9.11. The predicted molar refractivity (Wildman–Crippen MR) is 104 cm³/mol. The highest BCUT2D eigenvalue weighted by Crippen LogP contribution is 2.31. The normalized spacial score (nSPS) is 16.7. The van der Waals surface area contributed by atoms with Crippen molar-refractivity contribution in [1.82, 2.24) is 15.0 Å². The lowest BCUT2D eigenvalue weighted by molar-refractivity contribution is 0.0690. The summed E-state index contributed by atoms with van der Waals surface area (Å²) in [6.07, 6.45) is 0.972. The van der Waals surface area contributed by atoms with Gasteiger partial charge in [-0.2, -0.15) is 0 Å². The Morgan fingerprint density at radius 3 is 2.56 bits per heavy atom. The second-order valence-corrected chi connectivity index (χ2v) is 7.08. The zero-order valence-corrected chi connectivity index (χ0v) is 15.5. The lowest BCUT2D eigenvalue weighted by Gasteiger charge is -2.16. The average molecular weight is 362 g/mol. The second kappa shape index (κ2) is 6.87. The predicted octanol–water partition coefficient (Wildman–Crippen LogP) is 3.58. The molecule has 2 heterocycles. The number of carboxylic acids is 1. The van der Waals surface area contributed by atoms with Crippen LogP contribution >= 0.6 is 0 Å². The van der Waals surface area contributed by atoms with Crippen molar-refractivity contribution in [2.45, 2.75) is 26.2 Å². The number of aromatic carboxylic acids is 1. The van der Waals surface area contributed by atoms with Crippen LogP contribution in [0.4, 0.5) is 5.82 Å². The van der Waals surface area contributed by atoms with Crippen LogP contribution in [0.15, 0.2) is 48.5 Å². The Balaban J connectivity index is 1.65. The lowest BCUT2D eigenvalue weighted by Crippen LogP contribution is -2.22. The second-order valence-electron chi connectivity index (χ2n) is 7.08. The monoisotopic (exact) mass is 362 g/mol. The van der Waals surface area contributed by atoms with Crippen LogP contribution < -0.4 is 4.90 Å². The average Bonchev–Trinajstić information content (AvgIpc) is 3.31. The Bertz CT molecular complexity index is 981. The van der Waals surface area contributed by atoms with E-state index in [1.165, 1.54) is 15.9 Å². The Morgan fingerprint density at radius 1 is 1.07 bits per heavy atom. The third kappa shape index (κ3) is 3.30. The maximum atomic E-state index is 11.8. The zero-order valence-electron chi connectivity index (χ0n) is 15.5. The van der Waals surface area contributed by atoms with E-state index in [2.05, 4.69) is 22.3 Å².